The van der Waals surface area contributed by atoms with E-state index in [2.05, 4.69) is 18.9 Å². The third-order valence-corrected chi connectivity index (χ3v) is 0.883. The molecule has 0 N–H and O–H groups in total. The fourth-order valence-corrected chi connectivity index (χ4v) is 0.470. The summed E-state index contributed by atoms with van der Waals surface area (Å²) in [6.45, 7) is 0.423. The number of carbonyl (C=O) groups is 3. The molecule has 0 heterocycles. The van der Waals surface area contributed by atoms with Crippen LogP contribution in [0.5, 0.6) is 0 Å². The Labute approximate surface area is 79.9 Å². The summed E-state index contributed by atoms with van der Waals surface area (Å²) in [4.78, 5) is 31.5. The number of carbonyl (C=O) groups excluding carboxylic acids is 3. The van der Waals surface area contributed by atoms with Gasteiger partial charge in [-0.1, -0.05) is 0 Å². The lowest BCUT2D eigenvalue weighted by Crippen LogP contribution is -2.28. The van der Waals surface area contributed by atoms with Gasteiger partial charge in [0.25, 0.3) is 0 Å². The first-order valence-electron chi connectivity index (χ1n) is 3.54. The fourth-order valence-electron chi connectivity index (χ4n) is 0.470. The minimum Gasteiger partial charge on any atom is -0.437 e. The fraction of sp³-hybridized carbons (Fsp3) is 0.571. The Hall–Kier alpha value is -1.79. The largest absolute Gasteiger partial charge is 0.513 e. The van der Waals surface area contributed by atoms with Crippen LogP contribution >= 0.6 is 0 Å². The standard InChI is InChI=1S/C7H10O7/c1-4(8)12-7(13-5(2)9)14-6(10)11-3/h7H,1-3H3. The van der Waals surface area contributed by atoms with Crippen molar-refractivity contribution in [2.24, 2.45) is 0 Å². The van der Waals surface area contributed by atoms with Crippen LogP contribution in [0.25, 0.3) is 0 Å². The summed E-state index contributed by atoms with van der Waals surface area (Å²) < 4.78 is 17.0. The van der Waals surface area contributed by atoms with Gasteiger partial charge in [0.15, 0.2) is 0 Å². The maximum atomic E-state index is 10.6. The molecule has 0 aliphatic heterocycles. The molecule has 0 aromatic heterocycles. The molecule has 0 amide bonds. The summed E-state index contributed by atoms with van der Waals surface area (Å²) in [6.07, 6.45) is -1.13. The molecular weight excluding hydrogens is 196 g/mol. The van der Waals surface area contributed by atoms with E-state index in [0.717, 1.165) is 21.0 Å². The van der Waals surface area contributed by atoms with Crippen molar-refractivity contribution in [3.63, 3.8) is 0 Å². The van der Waals surface area contributed by atoms with Crippen LogP contribution < -0.4 is 0 Å². The minimum absolute atomic E-state index is 0.764. The summed E-state index contributed by atoms with van der Waals surface area (Å²) in [6, 6.07) is 0. The minimum atomic E-state index is -1.71. The lowest BCUT2D eigenvalue weighted by molar-refractivity contribution is -0.247. The first kappa shape index (κ1) is 12.2. The Balaban J connectivity index is 4.16. The second-order valence-electron chi connectivity index (χ2n) is 2.08. The van der Waals surface area contributed by atoms with Crippen LogP contribution in [-0.2, 0) is 28.5 Å². The monoisotopic (exact) mass is 206 g/mol. The number of rotatable bonds is 3. The van der Waals surface area contributed by atoms with Crippen LogP contribution in [0.15, 0.2) is 0 Å². The van der Waals surface area contributed by atoms with Gasteiger partial charge in [0, 0.05) is 13.8 Å². The molecule has 0 aliphatic carbocycles. The zero-order valence-electron chi connectivity index (χ0n) is 7.94. The number of hydrogen-bond donors (Lipinski definition) is 0. The molecule has 0 saturated heterocycles. The van der Waals surface area contributed by atoms with Crippen LogP contribution in [0.3, 0.4) is 0 Å². The smallest absolute Gasteiger partial charge is 0.437 e. The Morgan fingerprint density at radius 3 is 1.64 bits per heavy atom. The molecule has 0 saturated carbocycles. The van der Waals surface area contributed by atoms with E-state index in [4.69, 9.17) is 0 Å². The van der Waals surface area contributed by atoms with Crippen molar-refractivity contribution < 1.29 is 33.3 Å². The van der Waals surface area contributed by atoms with Gasteiger partial charge in [0.1, 0.15) is 0 Å². The summed E-state index contributed by atoms with van der Waals surface area (Å²) in [5, 5.41) is 0. The highest BCUT2D eigenvalue weighted by molar-refractivity contribution is 5.68. The SMILES string of the molecule is COC(=O)OC(OC(C)=O)OC(C)=O. The lowest BCUT2D eigenvalue weighted by atomic mass is 10.8. The quantitative estimate of drug-likeness (QED) is 0.480. The molecule has 14 heavy (non-hydrogen) atoms. The topological polar surface area (TPSA) is 88.1 Å². The van der Waals surface area contributed by atoms with Crippen molar-refractivity contribution in [2.75, 3.05) is 7.11 Å². The molecule has 0 aliphatic rings. The third kappa shape index (κ3) is 5.81. The van der Waals surface area contributed by atoms with Gasteiger partial charge < -0.3 is 18.9 Å². The first-order valence-corrected chi connectivity index (χ1v) is 3.54. The van der Waals surface area contributed by atoms with Crippen LogP contribution in [0.1, 0.15) is 13.8 Å². The van der Waals surface area contributed by atoms with Crippen molar-refractivity contribution in [1.82, 2.24) is 0 Å². The zero-order valence-corrected chi connectivity index (χ0v) is 7.94. The molecule has 0 radical (unpaired) electrons. The summed E-state index contributed by atoms with van der Waals surface area (Å²) in [5.74, 6) is -1.53. The van der Waals surface area contributed by atoms with Crippen molar-refractivity contribution >= 4 is 18.1 Å². The van der Waals surface area contributed by atoms with E-state index in [1.807, 2.05) is 0 Å². The molecule has 7 nitrogen and oxygen atoms in total. The number of esters is 2. The summed E-state index contributed by atoms with van der Waals surface area (Å²) >= 11 is 0. The molecule has 7 heteroatoms. The van der Waals surface area contributed by atoms with Crippen molar-refractivity contribution in [1.29, 1.82) is 0 Å². The molecule has 0 spiro atoms. The molecule has 80 valence electrons. The van der Waals surface area contributed by atoms with Crippen LogP contribution in [0.2, 0.25) is 0 Å². The molecule has 0 aromatic rings. The van der Waals surface area contributed by atoms with Gasteiger partial charge in [0.2, 0.25) is 0 Å². The summed E-state index contributed by atoms with van der Waals surface area (Å²) in [7, 11) is 1.06. The van der Waals surface area contributed by atoms with Crippen molar-refractivity contribution in [2.45, 2.75) is 20.3 Å². The normalized spacial score (nSPS) is 9.14. The average Bonchev–Trinajstić information content (AvgIpc) is 2.01. The Morgan fingerprint density at radius 2 is 1.36 bits per heavy atom. The van der Waals surface area contributed by atoms with E-state index >= 15 is 0 Å². The van der Waals surface area contributed by atoms with Crippen molar-refractivity contribution in [3.8, 4) is 0 Å². The molecule has 0 rings (SSSR count). The first-order chi connectivity index (χ1) is 6.45. The molecule has 0 aromatic carbocycles. The highest BCUT2D eigenvalue weighted by atomic mass is 16.9. The van der Waals surface area contributed by atoms with E-state index in [1.54, 1.807) is 0 Å². The van der Waals surface area contributed by atoms with Gasteiger partial charge in [-0.05, 0) is 0 Å². The van der Waals surface area contributed by atoms with Gasteiger partial charge >= 0.3 is 24.6 Å². The van der Waals surface area contributed by atoms with Gasteiger partial charge in [-0.3, -0.25) is 9.59 Å². The van der Waals surface area contributed by atoms with Crippen molar-refractivity contribution in [3.05, 3.63) is 0 Å². The van der Waals surface area contributed by atoms with E-state index < -0.39 is 24.6 Å². The van der Waals surface area contributed by atoms with Gasteiger partial charge in [-0.2, -0.15) is 0 Å². The van der Waals surface area contributed by atoms with Gasteiger partial charge in [-0.15, -0.1) is 0 Å². The highest BCUT2D eigenvalue weighted by Gasteiger charge is 2.20. The molecule has 0 fully saturated rings. The maximum absolute atomic E-state index is 10.6. The lowest BCUT2D eigenvalue weighted by Gasteiger charge is -2.14. The van der Waals surface area contributed by atoms with Crippen LogP contribution in [-0.4, -0.2) is 31.7 Å². The molecule has 0 unspecified atom stereocenters. The van der Waals surface area contributed by atoms with E-state index in [1.165, 1.54) is 0 Å². The highest BCUT2D eigenvalue weighted by Crippen LogP contribution is 2.00. The molecule has 0 atom stereocenters. The zero-order chi connectivity index (χ0) is 11.1. The average molecular weight is 206 g/mol. The van der Waals surface area contributed by atoms with E-state index in [9.17, 15) is 14.4 Å². The Morgan fingerprint density at radius 1 is 0.929 bits per heavy atom. The second-order valence-corrected chi connectivity index (χ2v) is 2.08. The third-order valence-electron chi connectivity index (χ3n) is 0.883. The van der Waals surface area contributed by atoms with Gasteiger partial charge in [0.05, 0.1) is 7.11 Å². The maximum Gasteiger partial charge on any atom is 0.513 e. The van der Waals surface area contributed by atoms with Crippen LogP contribution in [0, 0.1) is 0 Å². The van der Waals surface area contributed by atoms with E-state index in [-0.39, 0.29) is 0 Å². The summed E-state index contributed by atoms with van der Waals surface area (Å²) in [5.41, 5.74) is 0. The van der Waals surface area contributed by atoms with E-state index in [0.29, 0.717) is 0 Å². The predicted octanol–water partition coefficient (Wildman–Crippen LogP) is 0.179. The Bertz CT molecular complexity index is 218. The number of hydrogen-bond acceptors (Lipinski definition) is 7. The van der Waals surface area contributed by atoms with Crippen LogP contribution in [0.4, 0.5) is 4.79 Å². The van der Waals surface area contributed by atoms with Gasteiger partial charge in [-0.25, -0.2) is 4.79 Å². The number of methoxy groups -OCH3 is 1. The number of ether oxygens (including phenoxy) is 4. The molecule has 0 bridgehead atoms. The second kappa shape index (κ2) is 5.79. The predicted molar refractivity (Wildman–Crippen MR) is 40.8 cm³/mol. The Kier molecular flexibility index (Phi) is 5.05. The molecular formula is C7H10O7.